The van der Waals surface area contributed by atoms with Crippen LogP contribution in [0.5, 0.6) is 0 Å². The molecule has 0 atom stereocenters. The summed E-state index contributed by atoms with van der Waals surface area (Å²) in [6, 6.07) is 5.60. The maximum absolute atomic E-state index is 12.5. The van der Waals surface area contributed by atoms with Gasteiger partial charge in [-0.15, -0.1) is 0 Å². The predicted molar refractivity (Wildman–Crippen MR) is 102 cm³/mol. The van der Waals surface area contributed by atoms with Crippen LogP contribution in [0.3, 0.4) is 0 Å². The average molecular weight is 417 g/mol. The fraction of sp³-hybridized carbons (Fsp3) is 0.353. The number of H-pyrrole nitrogens is 1. The Morgan fingerprint density at radius 2 is 1.93 bits per heavy atom. The molecule has 0 spiro atoms. The van der Waals surface area contributed by atoms with Gasteiger partial charge in [0, 0.05) is 17.5 Å². The van der Waals surface area contributed by atoms with Gasteiger partial charge in [0.05, 0.1) is 17.0 Å². The molecule has 10 heteroatoms. The summed E-state index contributed by atoms with van der Waals surface area (Å²) in [5.41, 5.74) is -0.192. The zero-order chi connectivity index (χ0) is 20.0. The Bertz CT molecular complexity index is 837. The lowest BCUT2D eigenvalue weighted by molar-refractivity contribution is -0.137. The Labute approximate surface area is 162 Å². The number of benzene rings is 1. The minimum atomic E-state index is -4.42. The van der Waals surface area contributed by atoms with E-state index in [1.807, 2.05) is 13.8 Å². The molecule has 1 heterocycles. The Morgan fingerprint density at radius 3 is 2.52 bits per heavy atom. The molecule has 0 fully saturated rings. The fourth-order valence-corrected chi connectivity index (χ4v) is 3.30. The molecule has 0 aliphatic carbocycles. The van der Waals surface area contributed by atoms with Gasteiger partial charge in [0.25, 0.3) is 5.56 Å². The van der Waals surface area contributed by atoms with E-state index in [2.05, 4.69) is 15.3 Å². The maximum atomic E-state index is 12.5. The van der Waals surface area contributed by atoms with Crippen LogP contribution in [-0.2, 0) is 16.7 Å². The average Bonchev–Trinajstić information content (AvgIpc) is 2.57. The third-order valence-corrected chi connectivity index (χ3v) is 5.18. The number of thioether (sulfide) groups is 2. The van der Waals surface area contributed by atoms with Crippen molar-refractivity contribution >= 4 is 35.1 Å². The SMILES string of the molecule is CC(C)SCc1cc(=O)[nH]c(SCC(=O)Nc2ccc(C(F)(F)F)cc2)n1. The third-order valence-electron chi connectivity index (χ3n) is 3.17. The van der Waals surface area contributed by atoms with Crippen molar-refractivity contribution in [3.8, 4) is 0 Å². The van der Waals surface area contributed by atoms with E-state index in [9.17, 15) is 22.8 Å². The number of nitrogens with zero attached hydrogens (tertiary/aromatic N) is 1. The summed E-state index contributed by atoms with van der Waals surface area (Å²) in [4.78, 5) is 30.5. The number of hydrogen-bond acceptors (Lipinski definition) is 5. The molecule has 146 valence electrons. The molecule has 0 saturated carbocycles. The molecule has 5 nitrogen and oxygen atoms in total. The van der Waals surface area contributed by atoms with Gasteiger partial charge in [0.15, 0.2) is 5.16 Å². The fourth-order valence-electron chi connectivity index (χ4n) is 1.95. The second-order valence-electron chi connectivity index (χ2n) is 5.81. The normalized spacial score (nSPS) is 11.6. The first-order valence-corrected chi connectivity index (χ1v) is 9.98. The summed E-state index contributed by atoms with van der Waals surface area (Å²) >= 11 is 2.70. The van der Waals surface area contributed by atoms with Gasteiger partial charge in [0.1, 0.15) is 0 Å². The van der Waals surface area contributed by atoms with Crippen molar-refractivity contribution in [1.29, 1.82) is 0 Å². The summed E-state index contributed by atoms with van der Waals surface area (Å²) in [6.07, 6.45) is -4.42. The summed E-state index contributed by atoms with van der Waals surface area (Å²) in [5, 5.41) is 3.23. The van der Waals surface area contributed by atoms with Crippen molar-refractivity contribution in [2.45, 2.75) is 36.2 Å². The van der Waals surface area contributed by atoms with E-state index in [1.165, 1.54) is 18.2 Å². The Morgan fingerprint density at radius 1 is 1.26 bits per heavy atom. The van der Waals surface area contributed by atoms with Crippen LogP contribution in [0.4, 0.5) is 18.9 Å². The molecule has 1 aromatic carbocycles. The topological polar surface area (TPSA) is 74.8 Å². The smallest absolute Gasteiger partial charge is 0.325 e. The number of aromatic nitrogens is 2. The van der Waals surface area contributed by atoms with E-state index in [0.29, 0.717) is 21.9 Å². The van der Waals surface area contributed by atoms with Gasteiger partial charge in [0.2, 0.25) is 5.91 Å². The zero-order valence-electron chi connectivity index (χ0n) is 14.6. The number of nitrogens with one attached hydrogen (secondary N) is 2. The van der Waals surface area contributed by atoms with E-state index in [1.54, 1.807) is 11.8 Å². The molecule has 2 N–H and O–H groups in total. The molecule has 2 rings (SSSR count). The standard InChI is InChI=1S/C17H18F3N3O2S2/c1-10(2)26-8-13-7-14(24)23-16(22-13)27-9-15(25)21-12-5-3-11(4-6-12)17(18,19)20/h3-7,10H,8-9H2,1-2H3,(H,21,25)(H,22,23,24). The molecule has 0 saturated heterocycles. The lowest BCUT2D eigenvalue weighted by Gasteiger charge is -2.09. The van der Waals surface area contributed by atoms with Gasteiger partial charge in [-0.3, -0.25) is 9.59 Å². The molecule has 1 aromatic heterocycles. The first kappa shape index (κ1) is 21.4. The van der Waals surface area contributed by atoms with Crippen LogP contribution >= 0.6 is 23.5 Å². The highest BCUT2D eigenvalue weighted by atomic mass is 32.2. The number of hydrogen-bond donors (Lipinski definition) is 2. The van der Waals surface area contributed by atoms with E-state index in [4.69, 9.17) is 0 Å². The summed E-state index contributed by atoms with van der Waals surface area (Å²) < 4.78 is 37.6. The number of aromatic amines is 1. The van der Waals surface area contributed by atoms with Crippen LogP contribution in [-0.4, -0.2) is 26.9 Å². The van der Waals surface area contributed by atoms with Crippen LogP contribution in [0, 0.1) is 0 Å². The number of rotatable bonds is 7. The molecule has 0 unspecified atom stereocenters. The molecule has 1 amide bonds. The van der Waals surface area contributed by atoms with E-state index >= 15 is 0 Å². The number of carbonyl (C=O) groups is 1. The molecule has 0 bridgehead atoms. The van der Waals surface area contributed by atoms with Gasteiger partial charge < -0.3 is 10.3 Å². The van der Waals surface area contributed by atoms with Gasteiger partial charge >= 0.3 is 6.18 Å². The Hall–Kier alpha value is -1.94. The van der Waals surface area contributed by atoms with Crippen LogP contribution in [0.15, 0.2) is 40.3 Å². The van der Waals surface area contributed by atoms with Crippen molar-refractivity contribution in [3.63, 3.8) is 0 Å². The monoisotopic (exact) mass is 417 g/mol. The van der Waals surface area contributed by atoms with Crippen LogP contribution < -0.4 is 10.9 Å². The molecule has 27 heavy (non-hydrogen) atoms. The summed E-state index contributed by atoms with van der Waals surface area (Å²) in [5.74, 6) is 0.141. The summed E-state index contributed by atoms with van der Waals surface area (Å²) in [6.45, 7) is 4.08. The van der Waals surface area contributed by atoms with E-state index in [-0.39, 0.29) is 17.0 Å². The number of carbonyl (C=O) groups excluding carboxylic acids is 1. The molecule has 0 radical (unpaired) electrons. The van der Waals surface area contributed by atoms with Crippen molar-refractivity contribution < 1.29 is 18.0 Å². The largest absolute Gasteiger partial charge is 0.416 e. The van der Waals surface area contributed by atoms with Gasteiger partial charge in [-0.1, -0.05) is 25.6 Å². The van der Waals surface area contributed by atoms with Crippen LogP contribution in [0.1, 0.15) is 25.1 Å². The molecule has 2 aromatic rings. The van der Waals surface area contributed by atoms with Gasteiger partial charge in [-0.25, -0.2) is 4.98 Å². The van der Waals surface area contributed by atoms with E-state index < -0.39 is 17.6 Å². The first-order chi connectivity index (χ1) is 12.6. The molecular weight excluding hydrogens is 399 g/mol. The van der Waals surface area contributed by atoms with Crippen molar-refractivity contribution in [2.75, 3.05) is 11.1 Å². The van der Waals surface area contributed by atoms with E-state index in [0.717, 1.165) is 23.9 Å². The second-order valence-corrected chi connectivity index (χ2v) is 8.34. The van der Waals surface area contributed by atoms with Crippen LogP contribution in [0.25, 0.3) is 0 Å². The number of amides is 1. The van der Waals surface area contributed by atoms with Crippen molar-refractivity contribution in [2.24, 2.45) is 0 Å². The highest BCUT2D eigenvalue weighted by Crippen LogP contribution is 2.29. The van der Waals surface area contributed by atoms with Gasteiger partial charge in [-0.05, 0) is 29.5 Å². The number of anilines is 1. The zero-order valence-corrected chi connectivity index (χ0v) is 16.2. The number of alkyl halides is 3. The predicted octanol–water partition coefficient (Wildman–Crippen LogP) is 4.16. The van der Waals surface area contributed by atoms with Crippen molar-refractivity contribution in [3.05, 3.63) is 51.9 Å². The number of halogens is 3. The second kappa shape index (κ2) is 9.32. The Kier molecular flexibility index (Phi) is 7.37. The first-order valence-electron chi connectivity index (χ1n) is 7.95. The third kappa shape index (κ3) is 7.30. The Balaban J connectivity index is 1.92. The van der Waals surface area contributed by atoms with Crippen LogP contribution in [0.2, 0.25) is 0 Å². The minimum Gasteiger partial charge on any atom is -0.325 e. The highest BCUT2D eigenvalue weighted by molar-refractivity contribution is 7.99. The maximum Gasteiger partial charge on any atom is 0.416 e. The molecule has 0 aliphatic rings. The highest BCUT2D eigenvalue weighted by Gasteiger charge is 2.29. The quantitative estimate of drug-likeness (QED) is 0.523. The lowest BCUT2D eigenvalue weighted by Crippen LogP contribution is -2.16. The molecule has 0 aliphatic heterocycles. The summed E-state index contributed by atoms with van der Waals surface area (Å²) in [7, 11) is 0. The minimum absolute atomic E-state index is 0.0370. The lowest BCUT2D eigenvalue weighted by atomic mass is 10.2. The van der Waals surface area contributed by atoms with Crippen molar-refractivity contribution in [1.82, 2.24) is 9.97 Å². The van der Waals surface area contributed by atoms with Gasteiger partial charge in [-0.2, -0.15) is 24.9 Å². The molecular formula is C17H18F3N3O2S2.